The van der Waals surface area contributed by atoms with Gasteiger partial charge in [0, 0.05) is 11.1 Å². The fraction of sp³-hybridized carbons (Fsp3) is 0.250. The summed E-state index contributed by atoms with van der Waals surface area (Å²) in [7, 11) is 2.81. The summed E-state index contributed by atoms with van der Waals surface area (Å²) in [5.74, 6) is -0.591. The van der Waals surface area contributed by atoms with E-state index in [1.807, 2.05) is 0 Å². The summed E-state index contributed by atoms with van der Waals surface area (Å²) >= 11 is 0. The molecule has 0 bridgehead atoms. The zero-order valence-electron chi connectivity index (χ0n) is 12.3. The van der Waals surface area contributed by atoms with E-state index in [2.05, 4.69) is 0 Å². The van der Waals surface area contributed by atoms with Crippen molar-refractivity contribution in [1.82, 2.24) is 0 Å². The molecule has 0 fully saturated rings. The lowest BCUT2D eigenvalue weighted by Gasteiger charge is -2.24. The van der Waals surface area contributed by atoms with Crippen LogP contribution in [-0.4, -0.2) is 14.2 Å². The van der Waals surface area contributed by atoms with Crippen LogP contribution in [0, 0.1) is 11.6 Å². The summed E-state index contributed by atoms with van der Waals surface area (Å²) in [6, 6.07) is 6.65. The number of hydrogen-bond donors (Lipinski definition) is 2. The van der Waals surface area contributed by atoms with E-state index in [0.717, 1.165) is 0 Å². The maximum Gasteiger partial charge on any atom is 0.131 e. The zero-order chi connectivity index (χ0) is 16.3. The number of benzene rings is 2. The van der Waals surface area contributed by atoms with Gasteiger partial charge in [-0.2, -0.15) is 0 Å². The molecule has 2 aromatic rings. The van der Waals surface area contributed by atoms with Crippen molar-refractivity contribution in [2.24, 2.45) is 11.5 Å². The Hall–Kier alpha value is -2.18. The molecule has 0 saturated carbocycles. The maximum absolute atomic E-state index is 14.1. The Morgan fingerprint density at radius 2 is 1.14 bits per heavy atom. The first-order valence-corrected chi connectivity index (χ1v) is 6.67. The van der Waals surface area contributed by atoms with E-state index in [9.17, 15) is 8.78 Å². The van der Waals surface area contributed by atoms with Gasteiger partial charge in [0.1, 0.15) is 23.1 Å². The van der Waals surface area contributed by atoms with Crippen molar-refractivity contribution in [3.05, 3.63) is 59.2 Å². The smallest absolute Gasteiger partial charge is 0.131 e. The Labute approximate surface area is 127 Å². The molecule has 2 atom stereocenters. The first-order chi connectivity index (χ1) is 10.5. The van der Waals surface area contributed by atoms with Crippen LogP contribution in [0.2, 0.25) is 0 Å². The summed E-state index contributed by atoms with van der Waals surface area (Å²) in [5.41, 5.74) is 12.3. The molecule has 22 heavy (non-hydrogen) atoms. The highest BCUT2D eigenvalue weighted by Crippen LogP contribution is 2.37. The quantitative estimate of drug-likeness (QED) is 0.891. The summed E-state index contributed by atoms with van der Waals surface area (Å²) in [5, 5.41) is 0. The highest BCUT2D eigenvalue weighted by molar-refractivity contribution is 5.43. The van der Waals surface area contributed by atoms with Crippen LogP contribution in [-0.2, 0) is 0 Å². The molecule has 0 spiro atoms. The third-order valence-electron chi connectivity index (χ3n) is 3.52. The molecular formula is C16H18F2N2O2. The average molecular weight is 308 g/mol. The van der Waals surface area contributed by atoms with Crippen LogP contribution < -0.4 is 20.9 Å². The molecular weight excluding hydrogens is 290 g/mol. The van der Waals surface area contributed by atoms with Gasteiger partial charge in [-0.25, -0.2) is 8.78 Å². The predicted octanol–water partition coefficient (Wildman–Crippen LogP) is 2.68. The number of methoxy groups -OCH3 is 2. The van der Waals surface area contributed by atoms with Crippen LogP contribution in [0.5, 0.6) is 11.5 Å². The fourth-order valence-electron chi connectivity index (χ4n) is 2.40. The Bertz CT molecular complexity index is 607. The molecule has 6 heteroatoms. The molecule has 0 heterocycles. The van der Waals surface area contributed by atoms with Crippen molar-refractivity contribution in [1.29, 1.82) is 0 Å². The molecule has 2 aromatic carbocycles. The van der Waals surface area contributed by atoms with Gasteiger partial charge in [-0.1, -0.05) is 12.1 Å². The summed E-state index contributed by atoms with van der Waals surface area (Å²) in [6.07, 6.45) is 0. The highest BCUT2D eigenvalue weighted by Gasteiger charge is 2.28. The van der Waals surface area contributed by atoms with E-state index >= 15 is 0 Å². The second-order valence-electron chi connectivity index (χ2n) is 4.76. The SMILES string of the molecule is COc1cccc(F)c1C(N)C(N)c1c(F)cccc1OC. The topological polar surface area (TPSA) is 70.5 Å². The van der Waals surface area contributed by atoms with Crippen LogP contribution >= 0.6 is 0 Å². The largest absolute Gasteiger partial charge is 0.496 e. The molecule has 0 aliphatic carbocycles. The van der Waals surface area contributed by atoms with Crippen molar-refractivity contribution in [3.63, 3.8) is 0 Å². The van der Waals surface area contributed by atoms with E-state index in [4.69, 9.17) is 20.9 Å². The van der Waals surface area contributed by atoms with Gasteiger partial charge in [-0.05, 0) is 24.3 Å². The van der Waals surface area contributed by atoms with Crippen LogP contribution in [0.4, 0.5) is 8.78 Å². The molecule has 118 valence electrons. The molecule has 0 aliphatic heterocycles. The standard InChI is InChI=1S/C16H18F2N2O2/c1-21-11-7-3-5-9(17)13(11)15(19)16(20)14-10(18)6-4-8-12(14)22-2/h3-8,15-16H,19-20H2,1-2H3. The minimum absolute atomic E-state index is 0.0998. The minimum Gasteiger partial charge on any atom is -0.496 e. The third kappa shape index (κ3) is 2.88. The maximum atomic E-state index is 14.1. The monoisotopic (exact) mass is 308 g/mol. The third-order valence-corrected chi connectivity index (χ3v) is 3.52. The van der Waals surface area contributed by atoms with E-state index < -0.39 is 23.7 Å². The second-order valence-corrected chi connectivity index (χ2v) is 4.76. The Morgan fingerprint density at radius 1 is 0.773 bits per heavy atom. The minimum atomic E-state index is -0.998. The highest BCUT2D eigenvalue weighted by atomic mass is 19.1. The number of ether oxygens (including phenoxy) is 2. The van der Waals surface area contributed by atoms with Crippen LogP contribution in [0.1, 0.15) is 23.2 Å². The van der Waals surface area contributed by atoms with Crippen molar-refractivity contribution in [2.45, 2.75) is 12.1 Å². The van der Waals surface area contributed by atoms with Crippen molar-refractivity contribution in [3.8, 4) is 11.5 Å². The number of nitrogens with two attached hydrogens (primary N) is 2. The molecule has 4 nitrogen and oxygen atoms in total. The Morgan fingerprint density at radius 3 is 1.45 bits per heavy atom. The van der Waals surface area contributed by atoms with E-state index in [1.165, 1.54) is 38.5 Å². The van der Waals surface area contributed by atoms with Crippen LogP contribution in [0.15, 0.2) is 36.4 Å². The molecule has 4 N–H and O–H groups in total. The van der Waals surface area contributed by atoms with Gasteiger partial charge in [0.15, 0.2) is 0 Å². The summed E-state index contributed by atoms with van der Waals surface area (Å²) < 4.78 is 38.5. The molecule has 2 unspecified atom stereocenters. The molecule has 0 amide bonds. The predicted molar refractivity (Wildman–Crippen MR) is 79.8 cm³/mol. The number of rotatable bonds is 5. The zero-order valence-corrected chi connectivity index (χ0v) is 12.3. The summed E-state index contributed by atoms with van der Waals surface area (Å²) in [4.78, 5) is 0. The fourth-order valence-corrected chi connectivity index (χ4v) is 2.40. The molecule has 0 aromatic heterocycles. The molecule has 0 saturated heterocycles. The average Bonchev–Trinajstić information content (AvgIpc) is 2.52. The normalized spacial score (nSPS) is 13.5. The van der Waals surface area contributed by atoms with Gasteiger partial charge in [0.05, 0.1) is 26.3 Å². The Kier molecular flexibility index (Phi) is 4.95. The lowest BCUT2D eigenvalue weighted by molar-refractivity contribution is 0.379. The van der Waals surface area contributed by atoms with Gasteiger partial charge < -0.3 is 20.9 Å². The van der Waals surface area contributed by atoms with Crippen LogP contribution in [0.3, 0.4) is 0 Å². The second kappa shape index (κ2) is 6.72. The van der Waals surface area contributed by atoms with Gasteiger partial charge in [-0.15, -0.1) is 0 Å². The van der Waals surface area contributed by atoms with Gasteiger partial charge in [0.2, 0.25) is 0 Å². The van der Waals surface area contributed by atoms with E-state index in [0.29, 0.717) is 0 Å². The summed E-state index contributed by atoms with van der Waals surface area (Å²) in [6.45, 7) is 0. The van der Waals surface area contributed by atoms with Crippen LogP contribution in [0.25, 0.3) is 0 Å². The first-order valence-electron chi connectivity index (χ1n) is 6.67. The van der Waals surface area contributed by atoms with Gasteiger partial charge in [-0.3, -0.25) is 0 Å². The van der Waals surface area contributed by atoms with Gasteiger partial charge >= 0.3 is 0 Å². The Balaban J connectivity index is 2.49. The number of hydrogen-bond acceptors (Lipinski definition) is 4. The van der Waals surface area contributed by atoms with Crippen molar-refractivity contribution >= 4 is 0 Å². The molecule has 0 radical (unpaired) electrons. The van der Waals surface area contributed by atoms with Crippen molar-refractivity contribution < 1.29 is 18.3 Å². The lowest BCUT2D eigenvalue weighted by atomic mass is 9.93. The van der Waals surface area contributed by atoms with Crippen molar-refractivity contribution in [2.75, 3.05) is 14.2 Å². The number of halogens is 2. The van der Waals surface area contributed by atoms with E-state index in [1.54, 1.807) is 12.1 Å². The first kappa shape index (κ1) is 16.2. The molecule has 0 aliphatic rings. The van der Waals surface area contributed by atoms with E-state index in [-0.39, 0.29) is 22.6 Å². The lowest BCUT2D eigenvalue weighted by Crippen LogP contribution is -2.29. The van der Waals surface area contributed by atoms with Gasteiger partial charge in [0.25, 0.3) is 0 Å². The molecule has 2 rings (SSSR count).